The number of fused-ring (bicyclic) bond motifs is 1. The number of rotatable bonds is 4. The van der Waals surface area contributed by atoms with Crippen molar-refractivity contribution in [2.24, 2.45) is 0 Å². The van der Waals surface area contributed by atoms with Gasteiger partial charge in [-0.3, -0.25) is 0 Å². The van der Waals surface area contributed by atoms with E-state index in [4.69, 9.17) is 4.74 Å². The lowest BCUT2D eigenvalue weighted by molar-refractivity contribution is 0.0526. The molecule has 1 aliphatic rings. The Morgan fingerprint density at radius 3 is 2.59 bits per heavy atom. The first kappa shape index (κ1) is 17.1. The van der Waals surface area contributed by atoms with Crippen molar-refractivity contribution in [1.29, 1.82) is 0 Å². The van der Waals surface area contributed by atoms with E-state index in [9.17, 15) is 4.79 Å². The molecule has 0 N–H and O–H groups in total. The van der Waals surface area contributed by atoms with Gasteiger partial charge >= 0.3 is 5.97 Å². The molecule has 27 heavy (non-hydrogen) atoms. The van der Waals surface area contributed by atoms with Crippen molar-refractivity contribution in [2.45, 2.75) is 13.3 Å². The lowest BCUT2D eigenvalue weighted by Crippen LogP contribution is -2.31. The second-order valence-corrected chi connectivity index (χ2v) is 6.17. The van der Waals surface area contributed by atoms with E-state index < -0.39 is 0 Å². The lowest BCUT2D eigenvalue weighted by atomic mass is 10.2. The van der Waals surface area contributed by atoms with E-state index in [2.05, 4.69) is 35.4 Å². The fourth-order valence-corrected chi connectivity index (χ4v) is 3.09. The van der Waals surface area contributed by atoms with Gasteiger partial charge in [-0.25, -0.2) is 9.78 Å². The Bertz CT molecular complexity index is 926. The molecule has 0 atom stereocenters. The van der Waals surface area contributed by atoms with Gasteiger partial charge in [0.2, 0.25) is 0 Å². The first-order valence-electron chi connectivity index (χ1n) is 8.93. The highest BCUT2D eigenvalue weighted by molar-refractivity contribution is 5.89. The van der Waals surface area contributed by atoms with Crippen molar-refractivity contribution >= 4 is 23.3 Å². The quantitative estimate of drug-likeness (QED) is 0.619. The summed E-state index contributed by atoms with van der Waals surface area (Å²) in [6.07, 6.45) is 2.54. The van der Waals surface area contributed by atoms with Gasteiger partial charge in [0.1, 0.15) is 5.82 Å². The van der Waals surface area contributed by atoms with E-state index in [-0.39, 0.29) is 5.97 Å². The van der Waals surface area contributed by atoms with Crippen LogP contribution in [0.1, 0.15) is 23.7 Å². The zero-order valence-corrected chi connectivity index (χ0v) is 15.0. The van der Waals surface area contributed by atoms with Gasteiger partial charge in [-0.05, 0) is 48.0 Å². The number of esters is 1. The zero-order valence-electron chi connectivity index (χ0n) is 15.0. The van der Waals surface area contributed by atoms with Gasteiger partial charge < -0.3 is 14.5 Å². The minimum atomic E-state index is -0.345. The highest BCUT2D eigenvalue weighted by Crippen LogP contribution is 2.18. The van der Waals surface area contributed by atoms with E-state index in [1.807, 2.05) is 18.2 Å². The molecule has 0 radical (unpaired) electrons. The van der Waals surface area contributed by atoms with Gasteiger partial charge in [0, 0.05) is 32.4 Å². The number of nitrogens with zero attached hydrogens (tertiary/aromatic N) is 8. The average molecular weight is 368 g/mol. The molecule has 3 aromatic heterocycles. The number of aromatic nitrogens is 6. The largest absolute Gasteiger partial charge is 0.462 e. The molecule has 140 valence electrons. The molecule has 10 nitrogen and oxygen atoms in total. The smallest absolute Gasteiger partial charge is 0.339 e. The van der Waals surface area contributed by atoms with Gasteiger partial charge in [0.15, 0.2) is 11.5 Å². The number of carbonyl (C=O) groups is 1. The van der Waals surface area contributed by atoms with Crippen molar-refractivity contribution in [3.8, 4) is 0 Å². The fraction of sp³-hybridized carbons (Fsp3) is 0.412. The van der Waals surface area contributed by atoms with Crippen LogP contribution in [0.2, 0.25) is 0 Å². The third kappa shape index (κ3) is 3.64. The molecule has 1 fully saturated rings. The SMILES string of the molecule is CCOC(=O)c1ccc(N2CCCN(c3ccc4nnnn4n3)CC2)nc1. The maximum atomic E-state index is 11.8. The van der Waals surface area contributed by atoms with Crippen LogP contribution in [0.15, 0.2) is 30.5 Å². The molecule has 1 saturated heterocycles. The molecule has 0 saturated carbocycles. The third-order valence-corrected chi connectivity index (χ3v) is 4.46. The molecule has 3 aromatic rings. The van der Waals surface area contributed by atoms with Crippen molar-refractivity contribution < 1.29 is 9.53 Å². The predicted molar refractivity (Wildman–Crippen MR) is 97.8 cm³/mol. The molecular weight excluding hydrogens is 348 g/mol. The molecule has 4 rings (SSSR count). The number of hydrogen-bond donors (Lipinski definition) is 0. The molecule has 0 aliphatic carbocycles. The van der Waals surface area contributed by atoms with Crippen LogP contribution in [0.5, 0.6) is 0 Å². The summed E-state index contributed by atoms with van der Waals surface area (Å²) in [5, 5.41) is 15.8. The first-order valence-corrected chi connectivity index (χ1v) is 8.93. The van der Waals surface area contributed by atoms with Gasteiger partial charge in [-0.15, -0.1) is 14.8 Å². The van der Waals surface area contributed by atoms with Crippen molar-refractivity contribution in [3.05, 3.63) is 36.0 Å². The van der Waals surface area contributed by atoms with E-state index in [1.54, 1.807) is 19.2 Å². The fourth-order valence-electron chi connectivity index (χ4n) is 3.09. The first-order chi connectivity index (χ1) is 13.2. The normalized spacial score (nSPS) is 15.0. The second-order valence-electron chi connectivity index (χ2n) is 6.17. The predicted octanol–water partition coefficient (Wildman–Crippen LogP) is 0.808. The van der Waals surface area contributed by atoms with Gasteiger partial charge in [-0.1, -0.05) is 0 Å². The van der Waals surface area contributed by atoms with E-state index >= 15 is 0 Å². The minimum absolute atomic E-state index is 0.345. The summed E-state index contributed by atoms with van der Waals surface area (Å²) in [7, 11) is 0. The highest BCUT2D eigenvalue weighted by Gasteiger charge is 2.18. The van der Waals surface area contributed by atoms with Gasteiger partial charge in [0.05, 0.1) is 12.2 Å². The topological polar surface area (TPSA) is 102 Å². The van der Waals surface area contributed by atoms with E-state index in [1.165, 1.54) is 4.63 Å². The lowest BCUT2D eigenvalue weighted by Gasteiger charge is -2.23. The Balaban J connectivity index is 1.44. The maximum absolute atomic E-state index is 11.8. The molecule has 10 heteroatoms. The van der Waals surface area contributed by atoms with Crippen molar-refractivity contribution in [3.63, 3.8) is 0 Å². The van der Waals surface area contributed by atoms with Crippen LogP contribution >= 0.6 is 0 Å². The van der Waals surface area contributed by atoms with Crippen LogP contribution < -0.4 is 9.80 Å². The van der Waals surface area contributed by atoms with Gasteiger partial charge in [0.25, 0.3) is 0 Å². The maximum Gasteiger partial charge on any atom is 0.339 e. The Labute approximate surface area is 155 Å². The molecule has 0 unspecified atom stereocenters. The Morgan fingerprint density at radius 2 is 1.85 bits per heavy atom. The van der Waals surface area contributed by atoms with Crippen LogP contribution in [-0.4, -0.2) is 69.0 Å². The standard InChI is InChI=1S/C17H20N8O2/c1-2-27-17(26)13-4-5-14(18-12-13)23-8-3-9-24(11-10-23)16-7-6-15-19-21-22-25(15)20-16/h4-7,12H,2-3,8-11H2,1H3. The summed E-state index contributed by atoms with van der Waals surface area (Å²) in [4.78, 5) is 20.6. The number of tetrazole rings is 1. The number of ether oxygens (including phenoxy) is 1. The minimum Gasteiger partial charge on any atom is -0.462 e. The number of carbonyl (C=O) groups excluding carboxylic acids is 1. The number of hydrogen-bond acceptors (Lipinski definition) is 9. The highest BCUT2D eigenvalue weighted by atomic mass is 16.5. The molecule has 0 aromatic carbocycles. The van der Waals surface area contributed by atoms with Crippen molar-refractivity contribution in [1.82, 2.24) is 30.2 Å². The van der Waals surface area contributed by atoms with Crippen LogP contribution in [0.25, 0.3) is 5.65 Å². The molecular formula is C17H20N8O2. The van der Waals surface area contributed by atoms with E-state index in [0.29, 0.717) is 17.8 Å². The Kier molecular flexibility index (Phi) is 4.77. The third-order valence-electron chi connectivity index (χ3n) is 4.46. The van der Waals surface area contributed by atoms with Crippen LogP contribution in [-0.2, 0) is 4.74 Å². The summed E-state index contributed by atoms with van der Waals surface area (Å²) in [5.74, 6) is 1.36. The molecule has 0 spiro atoms. The van der Waals surface area contributed by atoms with Crippen LogP contribution in [0.4, 0.5) is 11.6 Å². The summed E-state index contributed by atoms with van der Waals surface area (Å²) in [6, 6.07) is 7.43. The van der Waals surface area contributed by atoms with E-state index in [0.717, 1.165) is 44.2 Å². The number of pyridine rings is 1. The molecule has 4 heterocycles. The summed E-state index contributed by atoms with van der Waals surface area (Å²) in [5.41, 5.74) is 1.09. The summed E-state index contributed by atoms with van der Waals surface area (Å²) < 4.78 is 6.44. The monoisotopic (exact) mass is 368 g/mol. The Morgan fingerprint density at radius 1 is 1.07 bits per heavy atom. The average Bonchev–Trinajstić information content (AvgIpc) is 3.03. The zero-order chi connectivity index (χ0) is 18.6. The second kappa shape index (κ2) is 7.52. The van der Waals surface area contributed by atoms with Gasteiger partial charge in [-0.2, -0.15) is 0 Å². The van der Waals surface area contributed by atoms with Crippen LogP contribution in [0, 0.1) is 0 Å². The van der Waals surface area contributed by atoms with Crippen LogP contribution in [0.3, 0.4) is 0 Å². The summed E-state index contributed by atoms with van der Waals surface area (Å²) >= 11 is 0. The molecule has 0 amide bonds. The molecule has 1 aliphatic heterocycles. The Hall–Kier alpha value is -3.30. The molecule has 0 bridgehead atoms. The number of anilines is 2. The van der Waals surface area contributed by atoms with Crippen molar-refractivity contribution in [2.75, 3.05) is 42.6 Å². The summed E-state index contributed by atoms with van der Waals surface area (Å²) in [6.45, 7) is 5.53.